The number of nitrogens with two attached hydrogens (primary N) is 1. The van der Waals surface area contributed by atoms with Crippen LogP contribution in [0.15, 0.2) is 47.1 Å². The maximum atomic E-state index is 6.24. The van der Waals surface area contributed by atoms with Gasteiger partial charge in [-0.15, -0.1) is 0 Å². The van der Waals surface area contributed by atoms with Crippen LogP contribution >= 0.6 is 15.9 Å². The van der Waals surface area contributed by atoms with Crippen LogP contribution in [0.4, 0.5) is 5.82 Å². The number of anilines is 1. The first-order valence-electron chi connectivity index (χ1n) is 6.58. The maximum Gasteiger partial charge on any atom is 0.129 e. The molecule has 0 spiro atoms. The number of benzene rings is 1. The van der Waals surface area contributed by atoms with Crippen molar-refractivity contribution in [1.82, 2.24) is 14.8 Å². The summed E-state index contributed by atoms with van der Waals surface area (Å²) in [6, 6.07) is 12.0. The molecule has 2 N–H and O–H groups in total. The lowest BCUT2D eigenvalue weighted by molar-refractivity contribution is 0.782. The van der Waals surface area contributed by atoms with Gasteiger partial charge in [0, 0.05) is 34.5 Å². The van der Waals surface area contributed by atoms with Crippen molar-refractivity contribution in [2.75, 3.05) is 5.73 Å². The number of hydrogen-bond donors (Lipinski definition) is 1. The number of nitrogen functional groups attached to an aromatic ring is 1. The highest BCUT2D eigenvalue weighted by Crippen LogP contribution is 2.39. The third-order valence-electron chi connectivity index (χ3n) is 3.40. The smallest absolute Gasteiger partial charge is 0.129 e. The van der Waals surface area contributed by atoms with Crippen LogP contribution in [0, 0.1) is 6.92 Å². The molecule has 0 saturated carbocycles. The Bertz CT molecular complexity index is 808. The summed E-state index contributed by atoms with van der Waals surface area (Å²) >= 11 is 3.59. The molecule has 0 aliphatic carbocycles. The molecule has 3 aromatic rings. The number of pyridine rings is 1. The van der Waals surface area contributed by atoms with Crippen LogP contribution in [0.1, 0.15) is 5.69 Å². The zero-order valence-corrected chi connectivity index (χ0v) is 13.4. The molecule has 21 heavy (non-hydrogen) atoms. The summed E-state index contributed by atoms with van der Waals surface area (Å²) in [5.41, 5.74) is 11.1. The highest BCUT2D eigenvalue weighted by atomic mass is 79.9. The van der Waals surface area contributed by atoms with Gasteiger partial charge in [0.2, 0.25) is 0 Å². The molecule has 0 saturated heterocycles. The predicted molar refractivity (Wildman–Crippen MR) is 88.7 cm³/mol. The number of aromatic nitrogens is 3. The van der Waals surface area contributed by atoms with Gasteiger partial charge in [0.15, 0.2) is 0 Å². The van der Waals surface area contributed by atoms with Gasteiger partial charge in [-0.05, 0) is 25.1 Å². The SMILES string of the molecule is Cc1cc(-c2nn(C)c(N)c2-c2ccccc2Br)ccn1. The van der Waals surface area contributed by atoms with Gasteiger partial charge in [0.1, 0.15) is 11.5 Å². The first-order chi connectivity index (χ1) is 10.1. The highest BCUT2D eigenvalue weighted by molar-refractivity contribution is 9.10. The minimum Gasteiger partial charge on any atom is -0.383 e. The largest absolute Gasteiger partial charge is 0.383 e. The van der Waals surface area contributed by atoms with Crippen LogP contribution in [0.2, 0.25) is 0 Å². The van der Waals surface area contributed by atoms with Crippen LogP contribution in [0.5, 0.6) is 0 Å². The van der Waals surface area contributed by atoms with Gasteiger partial charge in [0.25, 0.3) is 0 Å². The Labute approximate surface area is 131 Å². The second-order valence-electron chi connectivity index (χ2n) is 4.90. The molecule has 2 heterocycles. The van der Waals surface area contributed by atoms with Crippen molar-refractivity contribution in [3.8, 4) is 22.4 Å². The third kappa shape index (κ3) is 2.45. The second kappa shape index (κ2) is 5.33. The van der Waals surface area contributed by atoms with E-state index in [9.17, 15) is 0 Å². The van der Waals surface area contributed by atoms with E-state index in [4.69, 9.17) is 5.73 Å². The topological polar surface area (TPSA) is 56.7 Å². The second-order valence-corrected chi connectivity index (χ2v) is 5.75. The lowest BCUT2D eigenvalue weighted by atomic mass is 10.0. The lowest BCUT2D eigenvalue weighted by Gasteiger charge is -2.07. The highest BCUT2D eigenvalue weighted by Gasteiger charge is 2.19. The van der Waals surface area contributed by atoms with E-state index in [-0.39, 0.29) is 0 Å². The minimum absolute atomic E-state index is 0.645. The summed E-state index contributed by atoms with van der Waals surface area (Å²) in [4.78, 5) is 4.24. The standard InChI is InChI=1S/C16H15BrN4/c1-10-9-11(7-8-19-10)15-14(16(18)21(2)20-15)12-5-3-4-6-13(12)17/h3-9H,18H2,1-2H3. The van der Waals surface area contributed by atoms with Crippen molar-refractivity contribution in [3.63, 3.8) is 0 Å². The van der Waals surface area contributed by atoms with E-state index in [0.29, 0.717) is 5.82 Å². The van der Waals surface area contributed by atoms with Crippen LogP contribution in [0.3, 0.4) is 0 Å². The molecule has 0 aliphatic rings. The average Bonchev–Trinajstić information content (AvgIpc) is 2.76. The summed E-state index contributed by atoms with van der Waals surface area (Å²) in [5.74, 6) is 0.645. The molecule has 106 valence electrons. The van der Waals surface area contributed by atoms with E-state index in [1.807, 2.05) is 50.4 Å². The van der Waals surface area contributed by atoms with Crippen LogP contribution in [-0.2, 0) is 7.05 Å². The summed E-state index contributed by atoms with van der Waals surface area (Å²) in [7, 11) is 1.85. The van der Waals surface area contributed by atoms with Gasteiger partial charge in [0.05, 0.1) is 5.56 Å². The van der Waals surface area contributed by atoms with E-state index in [2.05, 4.69) is 26.0 Å². The summed E-state index contributed by atoms with van der Waals surface area (Å²) in [6.07, 6.45) is 1.79. The summed E-state index contributed by atoms with van der Waals surface area (Å²) in [6.45, 7) is 1.97. The molecule has 0 fully saturated rings. The van der Waals surface area contributed by atoms with Crippen molar-refractivity contribution in [2.24, 2.45) is 7.05 Å². The zero-order valence-electron chi connectivity index (χ0n) is 11.8. The molecule has 0 aliphatic heterocycles. The summed E-state index contributed by atoms with van der Waals surface area (Å²) in [5, 5.41) is 4.58. The maximum absolute atomic E-state index is 6.24. The van der Waals surface area contributed by atoms with Crippen molar-refractivity contribution in [3.05, 3.63) is 52.8 Å². The van der Waals surface area contributed by atoms with Crippen LogP contribution in [-0.4, -0.2) is 14.8 Å². The van der Waals surface area contributed by atoms with Crippen LogP contribution < -0.4 is 5.73 Å². The monoisotopic (exact) mass is 342 g/mol. The molecule has 0 atom stereocenters. The first kappa shape index (κ1) is 13.8. The number of halogens is 1. The first-order valence-corrected chi connectivity index (χ1v) is 7.37. The minimum atomic E-state index is 0.645. The fourth-order valence-corrected chi connectivity index (χ4v) is 2.84. The van der Waals surface area contributed by atoms with E-state index >= 15 is 0 Å². The van der Waals surface area contributed by atoms with E-state index in [1.165, 1.54) is 0 Å². The normalized spacial score (nSPS) is 10.8. The molecule has 0 unspecified atom stereocenters. The Morgan fingerprint density at radius 1 is 1.19 bits per heavy atom. The molecular weight excluding hydrogens is 328 g/mol. The number of rotatable bonds is 2. The van der Waals surface area contributed by atoms with Crippen LogP contribution in [0.25, 0.3) is 22.4 Å². The molecule has 5 heteroatoms. The fraction of sp³-hybridized carbons (Fsp3) is 0.125. The Morgan fingerprint density at radius 3 is 2.67 bits per heavy atom. The Hall–Kier alpha value is -2.14. The Kier molecular flexibility index (Phi) is 3.51. The number of aryl methyl sites for hydroxylation is 2. The molecule has 3 rings (SSSR count). The molecule has 0 bridgehead atoms. The van der Waals surface area contributed by atoms with Gasteiger partial charge in [-0.25, -0.2) is 0 Å². The number of nitrogens with zero attached hydrogens (tertiary/aromatic N) is 3. The molecule has 0 amide bonds. The van der Waals surface area contributed by atoms with Crippen molar-refractivity contribution < 1.29 is 0 Å². The third-order valence-corrected chi connectivity index (χ3v) is 4.10. The molecule has 4 nitrogen and oxygen atoms in total. The van der Waals surface area contributed by atoms with E-state index in [1.54, 1.807) is 10.9 Å². The Balaban J connectivity index is 2.29. The zero-order chi connectivity index (χ0) is 15.0. The van der Waals surface area contributed by atoms with Crippen molar-refractivity contribution in [1.29, 1.82) is 0 Å². The predicted octanol–water partition coefficient (Wildman–Crippen LogP) is 3.80. The van der Waals surface area contributed by atoms with Crippen molar-refractivity contribution >= 4 is 21.7 Å². The van der Waals surface area contributed by atoms with E-state index in [0.717, 1.165) is 32.6 Å². The molecule has 2 aromatic heterocycles. The molecule has 1 aromatic carbocycles. The Morgan fingerprint density at radius 2 is 1.95 bits per heavy atom. The quantitative estimate of drug-likeness (QED) is 0.770. The fourth-order valence-electron chi connectivity index (χ4n) is 2.36. The van der Waals surface area contributed by atoms with E-state index < -0.39 is 0 Å². The molecule has 0 radical (unpaired) electrons. The van der Waals surface area contributed by atoms with Crippen molar-refractivity contribution in [2.45, 2.75) is 6.92 Å². The summed E-state index contributed by atoms with van der Waals surface area (Å²) < 4.78 is 2.71. The van der Waals surface area contributed by atoms with Gasteiger partial charge in [-0.3, -0.25) is 9.67 Å². The van der Waals surface area contributed by atoms with Gasteiger partial charge in [-0.2, -0.15) is 5.10 Å². The molecular formula is C16H15BrN4. The van der Waals surface area contributed by atoms with Gasteiger partial charge >= 0.3 is 0 Å². The van der Waals surface area contributed by atoms with Gasteiger partial charge < -0.3 is 5.73 Å². The van der Waals surface area contributed by atoms with Gasteiger partial charge in [-0.1, -0.05) is 34.1 Å². The number of hydrogen-bond acceptors (Lipinski definition) is 3. The average molecular weight is 343 g/mol. The lowest BCUT2D eigenvalue weighted by Crippen LogP contribution is -1.98.